The molecule has 0 unspecified atom stereocenters. The van der Waals surface area contributed by atoms with Crippen molar-refractivity contribution in [3.8, 4) is 0 Å². The van der Waals surface area contributed by atoms with Gasteiger partial charge in [-0.3, -0.25) is 4.79 Å². The van der Waals surface area contributed by atoms with Crippen LogP contribution in [0.15, 0.2) is 0 Å². The standard InChI is InChI=1S/C12H22N2O2/c1-16-8-4-11(15)14-7-6-12(9-13)5-2-3-10(12)14/h10H,2-9,13H2,1H3/t10-,12-/m0/s1. The summed E-state index contributed by atoms with van der Waals surface area (Å²) in [5, 5.41) is 0. The molecule has 16 heavy (non-hydrogen) atoms. The summed E-state index contributed by atoms with van der Waals surface area (Å²) in [7, 11) is 1.64. The van der Waals surface area contributed by atoms with E-state index in [2.05, 4.69) is 4.90 Å². The van der Waals surface area contributed by atoms with Crippen LogP contribution in [0.4, 0.5) is 0 Å². The first-order valence-corrected chi connectivity index (χ1v) is 6.22. The lowest BCUT2D eigenvalue weighted by Gasteiger charge is -2.31. The number of hydrogen-bond acceptors (Lipinski definition) is 3. The molecule has 1 heterocycles. The molecule has 0 bridgehead atoms. The monoisotopic (exact) mass is 226 g/mol. The van der Waals surface area contributed by atoms with Crippen molar-refractivity contribution in [3.63, 3.8) is 0 Å². The van der Waals surface area contributed by atoms with Crippen molar-refractivity contribution in [2.45, 2.75) is 38.1 Å². The predicted octanol–water partition coefficient (Wildman–Crippen LogP) is 0.753. The molecule has 2 rings (SSSR count). The second kappa shape index (κ2) is 4.72. The number of hydrogen-bond donors (Lipinski definition) is 1. The van der Waals surface area contributed by atoms with E-state index in [-0.39, 0.29) is 11.3 Å². The van der Waals surface area contributed by atoms with E-state index >= 15 is 0 Å². The third-order valence-electron chi connectivity index (χ3n) is 4.33. The molecule has 1 saturated carbocycles. The van der Waals surface area contributed by atoms with Crippen molar-refractivity contribution in [1.82, 2.24) is 4.90 Å². The van der Waals surface area contributed by atoms with Crippen molar-refractivity contribution in [1.29, 1.82) is 0 Å². The zero-order chi connectivity index (χ0) is 11.6. The number of likely N-dealkylation sites (tertiary alicyclic amines) is 1. The Morgan fingerprint density at radius 1 is 1.56 bits per heavy atom. The van der Waals surface area contributed by atoms with Crippen LogP contribution < -0.4 is 5.73 Å². The molecular formula is C12H22N2O2. The van der Waals surface area contributed by atoms with Crippen molar-refractivity contribution >= 4 is 5.91 Å². The number of fused-ring (bicyclic) bond motifs is 1. The van der Waals surface area contributed by atoms with E-state index in [1.165, 1.54) is 12.8 Å². The molecule has 1 aliphatic carbocycles. The van der Waals surface area contributed by atoms with E-state index in [0.717, 1.165) is 25.9 Å². The maximum Gasteiger partial charge on any atom is 0.225 e. The molecule has 92 valence electrons. The SMILES string of the molecule is COCCC(=O)N1CC[C@]2(CN)CCC[C@H]12. The van der Waals surface area contributed by atoms with Gasteiger partial charge in [0.25, 0.3) is 0 Å². The Hall–Kier alpha value is -0.610. The number of ether oxygens (including phenoxy) is 1. The topological polar surface area (TPSA) is 55.6 Å². The third-order valence-corrected chi connectivity index (χ3v) is 4.33. The fourth-order valence-electron chi connectivity index (χ4n) is 3.37. The Bertz CT molecular complexity index is 270. The number of nitrogens with two attached hydrogens (primary N) is 1. The highest BCUT2D eigenvalue weighted by Gasteiger charge is 2.50. The van der Waals surface area contributed by atoms with Crippen LogP contribution in [0, 0.1) is 5.41 Å². The molecule has 1 aliphatic heterocycles. The minimum atomic E-state index is 0.239. The van der Waals surface area contributed by atoms with Gasteiger partial charge >= 0.3 is 0 Å². The lowest BCUT2D eigenvalue weighted by molar-refractivity contribution is -0.133. The summed E-state index contributed by atoms with van der Waals surface area (Å²) in [6.45, 7) is 2.15. The number of nitrogens with zero attached hydrogens (tertiary/aromatic N) is 1. The molecule has 0 aromatic carbocycles. The summed E-state index contributed by atoms with van der Waals surface area (Å²) in [4.78, 5) is 14.1. The van der Waals surface area contributed by atoms with Gasteiger partial charge in [0, 0.05) is 25.1 Å². The molecule has 4 nitrogen and oxygen atoms in total. The average molecular weight is 226 g/mol. The van der Waals surface area contributed by atoms with Crippen LogP contribution in [-0.2, 0) is 9.53 Å². The van der Waals surface area contributed by atoms with Crippen LogP contribution in [0.1, 0.15) is 32.1 Å². The Morgan fingerprint density at radius 3 is 3.06 bits per heavy atom. The van der Waals surface area contributed by atoms with Gasteiger partial charge in [-0.1, -0.05) is 6.42 Å². The Morgan fingerprint density at radius 2 is 2.38 bits per heavy atom. The smallest absolute Gasteiger partial charge is 0.225 e. The van der Waals surface area contributed by atoms with Gasteiger partial charge in [0.15, 0.2) is 0 Å². The van der Waals surface area contributed by atoms with Crippen LogP contribution in [0.5, 0.6) is 0 Å². The quantitative estimate of drug-likeness (QED) is 0.769. The van der Waals surface area contributed by atoms with Gasteiger partial charge in [-0.05, 0) is 25.8 Å². The van der Waals surface area contributed by atoms with E-state index in [0.29, 0.717) is 19.1 Å². The summed E-state index contributed by atoms with van der Waals surface area (Å²) in [6.07, 6.45) is 5.15. The summed E-state index contributed by atoms with van der Waals surface area (Å²) in [5.74, 6) is 0.240. The van der Waals surface area contributed by atoms with Crippen LogP contribution in [0.25, 0.3) is 0 Å². The van der Waals surface area contributed by atoms with Gasteiger partial charge in [0.1, 0.15) is 0 Å². The molecule has 2 N–H and O–H groups in total. The van der Waals surface area contributed by atoms with Crippen LogP contribution >= 0.6 is 0 Å². The molecule has 1 amide bonds. The number of carbonyl (C=O) groups is 1. The Balaban J connectivity index is 2.00. The molecule has 2 fully saturated rings. The summed E-state index contributed by atoms with van der Waals surface area (Å²) >= 11 is 0. The van der Waals surface area contributed by atoms with Crippen molar-refractivity contribution in [2.75, 3.05) is 26.8 Å². The van der Waals surface area contributed by atoms with E-state index in [9.17, 15) is 4.79 Å². The molecule has 2 atom stereocenters. The second-order valence-corrected chi connectivity index (χ2v) is 5.05. The number of methoxy groups -OCH3 is 1. The van der Waals surface area contributed by atoms with Crippen molar-refractivity contribution < 1.29 is 9.53 Å². The van der Waals surface area contributed by atoms with Crippen molar-refractivity contribution in [3.05, 3.63) is 0 Å². The van der Waals surface area contributed by atoms with Gasteiger partial charge in [-0.25, -0.2) is 0 Å². The highest BCUT2D eigenvalue weighted by molar-refractivity contribution is 5.77. The van der Waals surface area contributed by atoms with E-state index < -0.39 is 0 Å². The van der Waals surface area contributed by atoms with E-state index in [1.807, 2.05) is 0 Å². The fourth-order valence-corrected chi connectivity index (χ4v) is 3.37. The Labute approximate surface area is 97.1 Å². The second-order valence-electron chi connectivity index (χ2n) is 5.05. The van der Waals surface area contributed by atoms with Crippen molar-refractivity contribution in [2.24, 2.45) is 11.1 Å². The highest BCUT2D eigenvalue weighted by Crippen LogP contribution is 2.48. The number of carbonyl (C=O) groups excluding carboxylic acids is 1. The normalized spacial score (nSPS) is 33.1. The Kier molecular flexibility index (Phi) is 3.50. The molecule has 2 aliphatic rings. The lowest BCUT2D eigenvalue weighted by atomic mass is 9.82. The largest absolute Gasteiger partial charge is 0.384 e. The third kappa shape index (κ3) is 1.84. The summed E-state index contributed by atoms with van der Waals surface area (Å²) in [5.41, 5.74) is 6.15. The van der Waals surface area contributed by atoms with Gasteiger partial charge in [0.05, 0.1) is 13.0 Å². The lowest BCUT2D eigenvalue weighted by Crippen LogP contribution is -2.42. The van der Waals surface area contributed by atoms with Gasteiger partial charge in [-0.15, -0.1) is 0 Å². The maximum absolute atomic E-state index is 12.0. The first-order valence-electron chi connectivity index (χ1n) is 6.22. The minimum absolute atomic E-state index is 0.239. The molecule has 4 heteroatoms. The molecule has 0 aromatic heterocycles. The zero-order valence-corrected chi connectivity index (χ0v) is 10.1. The zero-order valence-electron chi connectivity index (χ0n) is 10.1. The van der Waals surface area contributed by atoms with E-state index in [1.54, 1.807) is 7.11 Å². The van der Waals surface area contributed by atoms with Gasteiger partial charge < -0.3 is 15.4 Å². The summed E-state index contributed by atoms with van der Waals surface area (Å²) < 4.78 is 4.96. The van der Waals surface area contributed by atoms with Gasteiger partial charge in [0.2, 0.25) is 5.91 Å². The summed E-state index contributed by atoms with van der Waals surface area (Å²) in [6, 6.07) is 0.404. The number of rotatable bonds is 4. The first-order chi connectivity index (χ1) is 7.73. The molecule has 1 saturated heterocycles. The molecular weight excluding hydrogens is 204 g/mol. The van der Waals surface area contributed by atoms with Crippen LogP contribution in [0.2, 0.25) is 0 Å². The maximum atomic E-state index is 12.0. The predicted molar refractivity (Wildman–Crippen MR) is 61.9 cm³/mol. The van der Waals surface area contributed by atoms with Crippen LogP contribution in [-0.4, -0.2) is 43.7 Å². The van der Waals surface area contributed by atoms with Crippen LogP contribution in [0.3, 0.4) is 0 Å². The fraction of sp³-hybridized carbons (Fsp3) is 0.917. The highest BCUT2D eigenvalue weighted by atomic mass is 16.5. The molecule has 0 aromatic rings. The average Bonchev–Trinajstić information content (AvgIpc) is 2.83. The van der Waals surface area contributed by atoms with Gasteiger partial charge in [-0.2, -0.15) is 0 Å². The number of amides is 1. The molecule has 0 radical (unpaired) electrons. The minimum Gasteiger partial charge on any atom is -0.384 e. The molecule has 0 spiro atoms. The van der Waals surface area contributed by atoms with E-state index in [4.69, 9.17) is 10.5 Å². The first kappa shape index (κ1) is 11.9.